The summed E-state index contributed by atoms with van der Waals surface area (Å²) in [4.78, 5) is 5.62. The van der Waals surface area contributed by atoms with E-state index in [1.807, 2.05) is 13.8 Å². The lowest BCUT2D eigenvalue weighted by atomic mass is 9.98. The summed E-state index contributed by atoms with van der Waals surface area (Å²) in [6.45, 7) is 8.27. The number of nitrogens with zero attached hydrogens (tertiary/aromatic N) is 1. The number of rotatable bonds is 2. The molecule has 2 rings (SSSR count). The standard InChI is InChI=1S/C14H18N2S/c1-8-5-6-12(9(2)7-8)13(15)14-10(3)16-11(4)17-14/h5-7,13H,15H2,1-4H3. The van der Waals surface area contributed by atoms with Crippen LogP contribution in [-0.4, -0.2) is 4.98 Å². The highest BCUT2D eigenvalue weighted by molar-refractivity contribution is 7.11. The monoisotopic (exact) mass is 246 g/mol. The van der Waals surface area contributed by atoms with E-state index in [-0.39, 0.29) is 6.04 Å². The van der Waals surface area contributed by atoms with Crippen molar-refractivity contribution in [3.63, 3.8) is 0 Å². The van der Waals surface area contributed by atoms with Crippen LogP contribution in [-0.2, 0) is 0 Å². The number of hydrogen-bond donors (Lipinski definition) is 1. The molecule has 90 valence electrons. The van der Waals surface area contributed by atoms with Gasteiger partial charge >= 0.3 is 0 Å². The molecule has 0 aliphatic carbocycles. The number of hydrogen-bond acceptors (Lipinski definition) is 3. The van der Waals surface area contributed by atoms with Gasteiger partial charge in [0.25, 0.3) is 0 Å². The van der Waals surface area contributed by atoms with E-state index >= 15 is 0 Å². The van der Waals surface area contributed by atoms with Crippen LogP contribution in [0, 0.1) is 27.7 Å². The minimum absolute atomic E-state index is 0.0539. The molecule has 0 radical (unpaired) electrons. The third kappa shape index (κ3) is 2.40. The van der Waals surface area contributed by atoms with Crippen LogP contribution in [0.4, 0.5) is 0 Å². The predicted molar refractivity (Wildman–Crippen MR) is 73.5 cm³/mol. The highest BCUT2D eigenvalue weighted by Gasteiger charge is 2.16. The average Bonchev–Trinajstić information content (AvgIpc) is 2.57. The fourth-order valence-electron chi connectivity index (χ4n) is 2.15. The van der Waals surface area contributed by atoms with Gasteiger partial charge in [-0.25, -0.2) is 4.98 Å². The molecule has 3 heteroatoms. The Morgan fingerprint density at radius 1 is 1.18 bits per heavy atom. The molecule has 0 aliphatic heterocycles. The van der Waals surface area contributed by atoms with Crippen molar-refractivity contribution in [3.05, 3.63) is 50.5 Å². The Balaban J connectivity index is 2.43. The zero-order chi connectivity index (χ0) is 12.6. The molecule has 2 nitrogen and oxygen atoms in total. The first-order valence-electron chi connectivity index (χ1n) is 5.75. The zero-order valence-electron chi connectivity index (χ0n) is 10.7. The molecular formula is C14H18N2S. The van der Waals surface area contributed by atoms with Gasteiger partial charge in [0, 0.05) is 4.88 Å². The van der Waals surface area contributed by atoms with Crippen LogP contribution in [0.5, 0.6) is 0 Å². The van der Waals surface area contributed by atoms with Crippen LogP contribution >= 0.6 is 11.3 Å². The quantitative estimate of drug-likeness (QED) is 0.881. The van der Waals surface area contributed by atoms with E-state index in [2.05, 4.69) is 37.0 Å². The number of aromatic nitrogens is 1. The summed E-state index contributed by atoms with van der Waals surface area (Å²) >= 11 is 1.69. The molecule has 0 fully saturated rings. The molecule has 1 unspecified atom stereocenters. The number of nitrogens with two attached hydrogens (primary N) is 1. The maximum Gasteiger partial charge on any atom is 0.0900 e. The number of benzene rings is 1. The lowest BCUT2D eigenvalue weighted by molar-refractivity contribution is 0.866. The van der Waals surface area contributed by atoms with Gasteiger partial charge in [0.15, 0.2) is 0 Å². The van der Waals surface area contributed by atoms with Gasteiger partial charge in [-0.3, -0.25) is 0 Å². The summed E-state index contributed by atoms with van der Waals surface area (Å²) in [6.07, 6.45) is 0. The predicted octanol–water partition coefficient (Wildman–Crippen LogP) is 3.42. The molecule has 0 spiro atoms. The molecule has 0 saturated carbocycles. The van der Waals surface area contributed by atoms with Crippen molar-refractivity contribution in [2.75, 3.05) is 0 Å². The Kier molecular flexibility index (Phi) is 3.31. The highest BCUT2D eigenvalue weighted by atomic mass is 32.1. The van der Waals surface area contributed by atoms with E-state index < -0.39 is 0 Å². The van der Waals surface area contributed by atoms with E-state index in [0.717, 1.165) is 10.7 Å². The lowest BCUT2D eigenvalue weighted by Gasteiger charge is -2.14. The molecule has 0 bridgehead atoms. The SMILES string of the molecule is Cc1ccc(C(N)c2sc(C)nc2C)c(C)c1. The topological polar surface area (TPSA) is 38.9 Å². The Morgan fingerprint density at radius 3 is 2.41 bits per heavy atom. The third-order valence-corrected chi connectivity index (χ3v) is 4.14. The minimum Gasteiger partial charge on any atom is -0.320 e. The number of thiazole rings is 1. The molecular weight excluding hydrogens is 228 g/mol. The Labute approximate surface area is 107 Å². The third-order valence-electron chi connectivity index (χ3n) is 2.98. The van der Waals surface area contributed by atoms with Crippen molar-refractivity contribution in [2.45, 2.75) is 33.7 Å². The van der Waals surface area contributed by atoms with Crippen molar-refractivity contribution in [3.8, 4) is 0 Å². The van der Waals surface area contributed by atoms with Crippen LogP contribution in [0.1, 0.15) is 38.3 Å². The van der Waals surface area contributed by atoms with Crippen LogP contribution in [0.2, 0.25) is 0 Å². The molecule has 2 N–H and O–H groups in total. The maximum absolute atomic E-state index is 6.35. The second-order valence-electron chi connectivity index (χ2n) is 4.52. The molecule has 1 heterocycles. The fourth-order valence-corrected chi connectivity index (χ4v) is 3.10. The Hall–Kier alpha value is -1.19. The van der Waals surface area contributed by atoms with Crippen molar-refractivity contribution in [1.29, 1.82) is 0 Å². The molecule has 17 heavy (non-hydrogen) atoms. The van der Waals surface area contributed by atoms with Crippen molar-refractivity contribution in [2.24, 2.45) is 5.73 Å². The summed E-state index contributed by atoms with van der Waals surface area (Å²) in [6, 6.07) is 6.37. The van der Waals surface area contributed by atoms with Gasteiger partial charge in [0.05, 0.1) is 16.7 Å². The Morgan fingerprint density at radius 2 is 1.88 bits per heavy atom. The largest absolute Gasteiger partial charge is 0.320 e. The second-order valence-corrected chi connectivity index (χ2v) is 5.76. The normalized spacial score (nSPS) is 12.8. The van der Waals surface area contributed by atoms with Crippen LogP contribution in [0.15, 0.2) is 18.2 Å². The van der Waals surface area contributed by atoms with Gasteiger partial charge in [-0.2, -0.15) is 0 Å². The number of aryl methyl sites for hydroxylation is 4. The van der Waals surface area contributed by atoms with E-state index in [4.69, 9.17) is 5.73 Å². The first kappa shape index (κ1) is 12.3. The molecule has 0 aliphatic rings. The summed E-state index contributed by atoms with van der Waals surface area (Å²) in [5, 5.41) is 1.08. The van der Waals surface area contributed by atoms with Gasteiger partial charge in [-0.05, 0) is 38.8 Å². The molecule has 0 saturated heterocycles. The van der Waals surface area contributed by atoms with Crippen molar-refractivity contribution in [1.82, 2.24) is 4.98 Å². The van der Waals surface area contributed by atoms with Gasteiger partial charge in [-0.15, -0.1) is 11.3 Å². The van der Waals surface area contributed by atoms with Crippen LogP contribution < -0.4 is 5.73 Å². The molecule has 2 aromatic rings. The smallest absolute Gasteiger partial charge is 0.0900 e. The van der Waals surface area contributed by atoms with Gasteiger partial charge in [0.1, 0.15) is 0 Å². The minimum atomic E-state index is -0.0539. The zero-order valence-corrected chi connectivity index (χ0v) is 11.6. The second kappa shape index (κ2) is 4.59. The van der Waals surface area contributed by atoms with E-state index in [1.165, 1.54) is 21.6 Å². The summed E-state index contributed by atoms with van der Waals surface area (Å²) in [5.74, 6) is 0. The van der Waals surface area contributed by atoms with Gasteiger partial charge < -0.3 is 5.73 Å². The first-order valence-corrected chi connectivity index (χ1v) is 6.57. The van der Waals surface area contributed by atoms with Crippen LogP contribution in [0.25, 0.3) is 0 Å². The molecule has 0 amide bonds. The molecule has 1 aromatic heterocycles. The van der Waals surface area contributed by atoms with Gasteiger partial charge in [0.2, 0.25) is 0 Å². The van der Waals surface area contributed by atoms with E-state index in [0.29, 0.717) is 0 Å². The maximum atomic E-state index is 6.35. The van der Waals surface area contributed by atoms with Gasteiger partial charge in [-0.1, -0.05) is 23.8 Å². The van der Waals surface area contributed by atoms with E-state index in [1.54, 1.807) is 11.3 Å². The molecule has 1 aromatic carbocycles. The lowest BCUT2D eigenvalue weighted by Crippen LogP contribution is -2.13. The van der Waals surface area contributed by atoms with Crippen molar-refractivity contribution >= 4 is 11.3 Å². The van der Waals surface area contributed by atoms with E-state index in [9.17, 15) is 0 Å². The summed E-state index contributed by atoms with van der Waals surface area (Å²) in [5.41, 5.74) is 11.1. The van der Waals surface area contributed by atoms with Crippen LogP contribution in [0.3, 0.4) is 0 Å². The average molecular weight is 246 g/mol. The highest BCUT2D eigenvalue weighted by Crippen LogP contribution is 2.29. The first-order chi connectivity index (χ1) is 7.99. The summed E-state index contributed by atoms with van der Waals surface area (Å²) < 4.78 is 0. The summed E-state index contributed by atoms with van der Waals surface area (Å²) in [7, 11) is 0. The Bertz CT molecular complexity index is 543. The van der Waals surface area contributed by atoms with Crippen molar-refractivity contribution < 1.29 is 0 Å². The fraction of sp³-hybridized carbons (Fsp3) is 0.357. The molecule has 1 atom stereocenters.